The third-order valence-corrected chi connectivity index (χ3v) is 4.58. The second-order valence-electron chi connectivity index (χ2n) is 6.71. The Morgan fingerprint density at radius 2 is 2.08 bits per heavy atom. The molecule has 0 aromatic carbocycles. The molecule has 1 aliphatic heterocycles. The number of amides is 2. The van der Waals surface area contributed by atoms with Crippen molar-refractivity contribution in [3.05, 3.63) is 29.7 Å². The summed E-state index contributed by atoms with van der Waals surface area (Å²) in [7, 11) is 1.63. The molecule has 6 nitrogen and oxygen atoms in total. The van der Waals surface area contributed by atoms with Crippen molar-refractivity contribution < 1.29 is 9.59 Å². The maximum Gasteiger partial charge on any atom is 0.253 e. The van der Waals surface area contributed by atoms with E-state index in [0.717, 1.165) is 37.2 Å². The van der Waals surface area contributed by atoms with E-state index in [1.165, 1.54) is 4.90 Å². The molecule has 0 atom stereocenters. The zero-order valence-electron chi connectivity index (χ0n) is 15.0. The van der Waals surface area contributed by atoms with Gasteiger partial charge in [-0.3, -0.25) is 9.59 Å². The van der Waals surface area contributed by atoms with Crippen LogP contribution in [0, 0.1) is 6.92 Å². The Balaban J connectivity index is 2.08. The standard InChI is InChI=1S/C18H28N4O2/c1-13(2)22-9-6-15(7-10-22)20-18(24)17(11-21(4)12-23)16-5-8-19-14(16)3/h5,8,11-13,15,19H,6-7,9-10H2,1-4H3,(H,20,24)/b17-11+. The van der Waals surface area contributed by atoms with E-state index in [2.05, 4.69) is 29.0 Å². The molecule has 0 unspecified atom stereocenters. The SMILES string of the molecule is Cc1[nH]ccc1/C(=C\N(C)C=O)C(=O)NC1CCN(C(C)C)CC1. The first kappa shape index (κ1) is 18.3. The Bertz CT molecular complexity index is 598. The van der Waals surface area contributed by atoms with Crippen molar-refractivity contribution in [3.63, 3.8) is 0 Å². The Kier molecular flexibility index (Phi) is 6.20. The van der Waals surface area contributed by atoms with Crippen LogP contribution in [-0.4, -0.2) is 59.3 Å². The molecule has 0 aliphatic carbocycles. The van der Waals surface area contributed by atoms with Crippen molar-refractivity contribution in [2.45, 2.75) is 45.7 Å². The summed E-state index contributed by atoms with van der Waals surface area (Å²) in [6.45, 7) is 8.31. The van der Waals surface area contributed by atoms with Crippen LogP contribution in [0.4, 0.5) is 0 Å². The van der Waals surface area contributed by atoms with E-state index < -0.39 is 0 Å². The molecular formula is C18H28N4O2. The highest BCUT2D eigenvalue weighted by atomic mass is 16.2. The van der Waals surface area contributed by atoms with Crippen LogP contribution in [0.2, 0.25) is 0 Å². The number of piperidine rings is 1. The van der Waals surface area contributed by atoms with E-state index >= 15 is 0 Å². The van der Waals surface area contributed by atoms with Gasteiger partial charge in [0.15, 0.2) is 0 Å². The van der Waals surface area contributed by atoms with Gasteiger partial charge in [0.1, 0.15) is 0 Å². The fourth-order valence-corrected chi connectivity index (χ4v) is 3.05. The highest BCUT2D eigenvalue weighted by Crippen LogP contribution is 2.20. The van der Waals surface area contributed by atoms with E-state index in [1.54, 1.807) is 19.4 Å². The van der Waals surface area contributed by atoms with Crippen molar-refractivity contribution in [1.29, 1.82) is 0 Å². The van der Waals surface area contributed by atoms with Gasteiger partial charge in [-0.1, -0.05) is 0 Å². The fourth-order valence-electron chi connectivity index (χ4n) is 3.05. The molecule has 0 spiro atoms. The molecule has 2 amide bonds. The van der Waals surface area contributed by atoms with Gasteiger partial charge in [-0.05, 0) is 39.7 Å². The van der Waals surface area contributed by atoms with Crippen molar-refractivity contribution in [3.8, 4) is 0 Å². The van der Waals surface area contributed by atoms with Crippen molar-refractivity contribution >= 4 is 17.9 Å². The molecule has 0 bridgehead atoms. The van der Waals surface area contributed by atoms with Crippen LogP contribution in [0.25, 0.3) is 5.57 Å². The average molecular weight is 332 g/mol. The Hall–Kier alpha value is -2.08. The van der Waals surface area contributed by atoms with Crippen LogP contribution < -0.4 is 5.32 Å². The number of nitrogens with zero attached hydrogens (tertiary/aromatic N) is 2. The van der Waals surface area contributed by atoms with Gasteiger partial charge in [-0.25, -0.2) is 0 Å². The smallest absolute Gasteiger partial charge is 0.253 e. The van der Waals surface area contributed by atoms with E-state index in [9.17, 15) is 9.59 Å². The van der Waals surface area contributed by atoms with Crippen LogP contribution >= 0.6 is 0 Å². The summed E-state index contributed by atoms with van der Waals surface area (Å²) in [5, 5.41) is 3.13. The van der Waals surface area contributed by atoms with Crippen LogP contribution in [0.1, 0.15) is 37.9 Å². The van der Waals surface area contributed by atoms with Gasteiger partial charge >= 0.3 is 0 Å². The zero-order chi connectivity index (χ0) is 17.7. The molecule has 0 radical (unpaired) electrons. The van der Waals surface area contributed by atoms with Crippen molar-refractivity contribution in [2.24, 2.45) is 0 Å². The summed E-state index contributed by atoms with van der Waals surface area (Å²) >= 11 is 0. The first-order valence-electron chi connectivity index (χ1n) is 8.50. The number of hydrogen-bond acceptors (Lipinski definition) is 3. The third kappa shape index (κ3) is 4.47. The second kappa shape index (κ2) is 8.15. The second-order valence-corrected chi connectivity index (χ2v) is 6.71. The lowest BCUT2D eigenvalue weighted by Crippen LogP contribution is -2.46. The number of aromatic nitrogens is 1. The molecule has 1 aromatic heterocycles. The largest absolute Gasteiger partial charge is 0.365 e. The summed E-state index contributed by atoms with van der Waals surface area (Å²) in [6, 6.07) is 2.58. The monoisotopic (exact) mass is 332 g/mol. The lowest BCUT2D eigenvalue weighted by Gasteiger charge is -2.35. The molecule has 6 heteroatoms. The van der Waals surface area contributed by atoms with E-state index in [0.29, 0.717) is 18.0 Å². The van der Waals surface area contributed by atoms with Gasteiger partial charge < -0.3 is 20.1 Å². The molecule has 132 valence electrons. The lowest BCUT2D eigenvalue weighted by atomic mass is 10.0. The lowest BCUT2D eigenvalue weighted by molar-refractivity contribution is -0.116. The minimum atomic E-state index is -0.130. The quantitative estimate of drug-likeness (QED) is 0.616. The Labute approximate surface area is 143 Å². The highest BCUT2D eigenvalue weighted by molar-refractivity contribution is 6.20. The summed E-state index contributed by atoms with van der Waals surface area (Å²) in [5.41, 5.74) is 2.24. The number of hydrogen-bond donors (Lipinski definition) is 2. The normalized spacial score (nSPS) is 17.1. The average Bonchev–Trinajstić information content (AvgIpc) is 2.98. The third-order valence-electron chi connectivity index (χ3n) is 4.58. The number of nitrogens with one attached hydrogen (secondary N) is 2. The zero-order valence-corrected chi connectivity index (χ0v) is 15.0. The number of aryl methyl sites for hydroxylation is 1. The van der Waals surface area contributed by atoms with Crippen LogP contribution in [0.5, 0.6) is 0 Å². The predicted molar refractivity (Wildman–Crippen MR) is 95.2 cm³/mol. The van der Waals surface area contributed by atoms with E-state index in [-0.39, 0.29) is 11.9 Å². The van der Waals surface area contributed by atoms with E-state index in [4.69, 9.17) is 0 Å². The number of aromatic amines is 1. The van der Waals surface area contributed by atoms with Gasteiger partial charge in [0.25, 0.3) is 5.91 Å². The summed E-state index contributed by atoms with van der Waals surface area (Å²) < 4.78 is 0. The molecule has 1 aliphatic rings. The molecule has 2 rings (SSSR count). The van der Waals surface area contributed by atoms with Crippen molar-refractivity contribution in [2.75, 3.05) is 20.1 Å². The minimum Gasteiger partial charge on any atom is -0.365 e. The Morgan fingerprint density at radius 1 is 1.42 bits per heavy atom. The molecule has 0 saturated carbocycles. The first-order chi connectivity index (χ1) is 11.4. The van der Waals surface area contributed by atoms with Gasteiger partial charge in [-0.15, -0.1) is 0 Å². The van der Waals surface area contributed by atoms with Crippen LogP contribution in [-0.2, 0) is 9.59 Å². The summed E-state index contributed by atoms with van der Waals surface area (Å²) in [6.07, 6.45) is 5.98. The van der Waals surface area contributed by atoms with Crippen LogP contribution in [0.3, 0.4) is 0 Å². The van der Waals surface area contributed by atoms with Gasteiger partial charge in [0.2, 0.25) is 6.41 Å². The van der Waals surface area contributed by atoms with Crippen LogP contribution in [0.15, 0.2) is 18.5 Å². The maximum absolute atomic E-state index is 12.8. The highest BCUT2D eigenvalue weighted by Gasteiger charge is 2.24. The molecular weight excluding hydrogens is 304 g/mol. The number of likely N-dealkylation sites (tertiary alicyclic amines) is 1. The number of rotatable bonds is 6. The Morgan fingerprint density at radius 3 is 2.58 bits per heavy atom. The number of carbonyl (C=O) groups is 2. The minimum absolute atomic E-state index is 0.130. The molecule has 1 aromatic rings. The molecule has 2 heterocycles. The summed E-state index contributed by atoms with van der Waals surface area (Å²) in [5.74, 6) is -0.130. The van der Waals surface area contributed by atoms with Crippen molar-refractivity contribution in [1.82, 2.24) is 20.1 Å². The first-order valence-corrected chi connectivity index (χ1v) is 8.50. The fraction of sp³-hybridized carbons (Fsp3) is 0.556. The van der Waals surface area contributed by atoms with E-state index in [1.807, 2.05) is 13.0 Å². The van der Waals surface area contributed by atoms with Gasteiger partial charge in [0, 0.05) is 55.9 Å². The topological polar surface area (TPSA) is 68.4 Å². The van der Waals surface area contributed by atoms with Gasteiger partial charge in [-0.2, -0.15) is 0 Å². The molecule has 2 N–H and O–H groups in total. The maximum atomic E-state index is 12.8. The molecule has 24 heavy (non-hydrogen) atoms. The predicted octanol–water partition coefficient (Wildman–Crippen LogP) is 1.74. The number of carbonyl (C=O) groups excluding carboxylic acids is 2. The number of H-pyrrole nitrogens is 1. The molecule has 1 fully saturated rings. The van der Waals surface area contributed by atoms with Gasteiger partial charge in [0.05, 0.1) is 5.57 Å². The summed E-state index contributed by atoms with van der Waals surface area (Å²) in [4.78, 5) is 30.6. The molecule has 1 saturated heterocycles.